The molecule has 1 saturated heterocycles. The zero-order valence-corrected chi connectivity index (χ0v) is 10.4. The van der Waals surface area contributed by atoms with E-state index in [-0.39, 0.29) is 33.0 Å². The van der Waals surface area contributed by atoms with E-state index in [9.17, 15) is 8.42 Å². The molecule has 0 unspecified atom stereocenters. The smallest absolute Gasteiger partial charge is 0.221 e. The Morgan fingerprint density at radius 3 is 2.19 bits per heavy atom. The third kappa shape index (κ3) is 2.72. The first-order valence-electron chi connectivity index (χ1n) is 5.10. The van der Waals surface area contributed by atoms with Crippen LogP contribution in [0, 0.1) is 5.41 Å². The summed E-state index contributed by atoms with van der Waals surface area (Å²) in [5.41, 5.74) is -0.813. The first kappa shape index (κ1) is 13.9. The highest BCUT2D eigenvalue weighted by Gasteiger charge is 2.38. The lowest BCUT2D eigenvalue weighted by Crippen LogP contribution is -2.50. The predicted molar refractivity (Wildman–Crippen MR) is 58.4 cm³/mol. The molecule has 0 atom stereocenters. The first-order chi connectivity index (χ1) is 7.35. The van der Waals surface area contributed by atoms with Crippen LogP contribution < -0.4 is 0 Å². The maximum atomic E-state index is 11.9. The van der Waals surface area contributed by atoms with E-state index >= 15 is 0 Å². The minimum atomic E-state index is -3.37. The van der Waals surface area contributed by atoms with Crippen LogP contribution in [0.3, 0.4) is 0 Å². The van der Waals surface area contributed by atoms with Crippen LogP contribution in [0.1, 0.15) is 6.92 Å². The van der Waals surface area contributed by atoms with Gasteiger partial charge in [0.1, 0.15) is 5.25 Å². The lowest BCUT2D eigenvalue weighted by Gasteiger charge is -2.34. The molecule has 0 aromatic heterocycles. The molecule has 1 aliphatic rings. The van der Waals surface area contributed by atoms with Gasteiger partial charge in [0.25, 0.3) is 0 Å². The number of hydrogen-bond donors (Lipinski definition) is 2. The monoisotopic (exact) mass is 253 g/mol. The highest BCUT2D eigenvalue weighted by Crippen LogP contribution is 2.21. The normalized spacial score (nSPS) is 18.8. The molecular weight excluding hydrogens is 234 g/mol. The van der Waals surface area contributed by atoms with E-state index in [4.69, 9.17) is 14.9 Å². The van der Waals surface area contributed by atoms with Gasteiger partial charge in [-0.15, -0.1) is 0 Å². The molecule has 16 heavy (non-hydrogen) atoms. The summed E-state index contributed by atoms with van der Waals surface area (Å²) in [6.07, 6.45) is 0. The van der Waals surface area contributed by atoms with Crippen molar-refractivity contribution < 1.29 is 23.4 Å². The van der Waals surface area contributed by atoms with E-state index in [1.807, 2.05) is 0 Å². The second-order valence-corrected chi connectivity index (χ2v) is 6.91. The number of rotatable bonds is 6. The fraction of sp³-hybridized carbons (Fsp3) is 1.00. The van der Waals surface area contributed by atoms with Crippen molar-refractivity contribution >= 4 is 10.0 Å². The van der Waals surface area contributed by atoms with Crippen molar-refractivity contribution in [2.45, 2.75) is 12.2 Å². The number of hydrogen-bond acceptors (Lipinski definition) is 5. The fourth-order valence-corrected chi connectivity index (χ4v) is 2.96. The van der Waals surface area contributed by atoms with Gasteiger partial charge in [-0.1, -0.05) is 6.92 Å². The third-order valence-electron chi connectivity index (χ3n) is 2.83. The van der Waals surface area contributed by atoms with Gasteiger partial charge in [0.15, 0.2) is 0 Å². The molecule has 1 rings (SSSR count). The van der Waals surface area contributed by atoms with Crippen molar-refractivity contribution in [3.05, 3.63) is 0 Å². The van der Waals surface area contributed by atoms with Gasteiger partial charge in [0.05, 0.1) is 26.4 Å². The Bertz CT molecular complexity index is 321. The highest BCUT2D eigenvalue weighted by molar-refractivity contribution is 7.89. The molecule has 0 aromatic rings. The SMILES string of the molecule is CN(CC(C)(CO)CO)S(=O)(=O)C1COC1. The second kappa shape index (κ2) is 4.97. The minimum absolute atomic E-state index is 0.0961. The number of ether oxygens (including phenoxy) is 1. The van der Waals surface area contributed by atoms with Crippen LogP contribution in [-0.2, 0) is 14.8 Å². The van der Waals surface area contributed by atoms with Gasteiger partial charge in [0.2, 0.25) is 10.0 Å². The second-order valence-electron chi connectivity index (χ2n) is 4.59. The molecule has 0 amide bonds. The Hall–Kier alpha value is -0.210. The average Bonchev–Trinajstić information content (AvgIpc) is 2.14. The Kier molecular flexibility index (Phi) is 4.30. The predicted octanol–water partition coefficient (Wildman–Crippen LogP) is -1.36. The number of aliphatic hydroxyl groups is 2. The number of aliphatic hydroxyl groups excluding tert-OH is 2. The molecule has 7 heteroatoms. The standard InChI is InChI=1S/C9H19NO5S/c1-9(6-11,7-12)5-10(2)16(13,14)8-3-15-4-8/h8,11-12H,3-7H2,1-2H3. The van der Waals surface area contributed by atoms with Crippen molar-refractivity contribution in [2.24, 2.45) is 5.41 Å². The molecule has 0 aliphatic carbocycles. The van der Waals surface area contributed by atoms with Crippen LogP contribution in [0.2, 0.25) is 0 Å². The van der Waals surface area contributed by atoms with Crippen LogP contribution in [0.5, 0.6) is 0 Å². The molecule has 1 fully saturated rings. The first-order valence-corrected chi connectivity index (χ1v) is 6.61. The van der Waals surface area contributed by atoms with Crippen molar-refractivity contribution in [3.8, 4) is 0 Å². The zero-order chi connectivity index (χ0) is 12.4. The topological polar surface area (TPSA) is 87.1 Å². The van der Waals surface area contributed by atoms with Gasteiger partial charge in [0, 0.05) is 19.0 Å². The van der Waals surface area contributed by atoms with Gasteiger partial charge >= 0.3 is 0 Å². The van der Waals surface area contributed by atoms with Gasteiger partial charge in [-0.2, -0.15) is 0 Å². The summed E-state index contributed by atoms with van der Waals surface area (Å²) >= 11 is 0. The summed E-state index contributed by atoms with van der Waals surface area (Å²) in [5, 5.41) is 17.7. The van der Waals surface area contributed by atoms with E-state index in [1.165, 1.54) is 11.4 Å². The van der Waals surface area contributed by atoms with Gasteiger partial charge in [-0.05, 0) is 0 Å². The number of sulfonamides is 1. The maximum absolute atomic E-state index is 11.9. The van der Waals surface area contributed by atoms with Crippen LogP contribution in [-0.4, -0.2) is 68.2 Å². The summed E-state index contributed by atoms with van der Waals surface area (Å²) < 4.78 is 29.8. The molecule has 96 valence electrons. The van der Waals surface area contributed by atoms with Crippen LogP contribution in [0.15, 0.2) is 0 Å². The Balaban J connectivity index is 2.67. The lowest BCUT2D eigenvalue weighted by molar-refractivity contribution is 0.0352. The Morgan fingerprint density at radius 1 is 1.38 bits per heavy atom. The average molecular weight is 253 g/mol. The molecule has 6 nitrogen and oxygen atoms in total. The van der Waals surface area contributed by atoms with Crippen molar-refractivity contribution in [3.63, 3.8) is 0 Å². The Morgan fingerprint density at radius 2 is 1.88 bits per heavy atom. The minimum Gasteiger partial charge on any atom is -0.396 e. The molecule has 0 bridgehead atoms. The van der Waals surface area contributed by atoms with Crippen molar-refractivity contribution in [1.82, 2.24) is 4.31 Å². The van der Waals surface area contributed by atoms with Crippen LogP contribution >= 0.6 is 0 Å². The van der Waals surface area contributed by atoms with Crippen molar-refractivity contribution in [1.29, 1.82) is 0 Å². The molecular formula is C9H19NO5S. The van der Waals surface area contributed by atoms with Gasteiger partial charge < -0.3 is 14.9 Å². The van der Waals surface area contributed by atoms with E-state index < -0.39 is 20.7 Å². The summed E-state index contributed by atoms with van der Waals surface area (Å²) in [5.74, 6) is 0. The van der Waals surface area contributed by atoms with Crippen LogP contribution in [0.4, 0.5) is 0 Å². The highest BCUT2D eigenvalue weighted by atomic mass is 32.2. The largest absolute Gasteiger partial charge is 0.396 e. The third-order valence-corrected chi connectivity index (χ3v) is 4.94. The summed E-state index contributed by atoms with van der Waals surface area (Å²) in [6.45, 7) is 1.66. The summed E-state index contributed by atoms with van der Waals surface area (Å²) in [4.78, 5) is 0. The molecule has 2 N–H and O–H groups in total. The van der Waals surface area contributed by atoms with E-state index in [2.05, 4.69) is 0 Å². The molecule has 0 spiro atoms. The zero-order valence-electron chi connectivity index (χ0n) is 9.59. The van der Waals surface area contributed by atoms with E-state index in [0.717, 1.165) is 0 Å². The molecule has 0 aromatic carbocycles. The van der Waals surface area contributed by atoms with Crippen LogP contribution in [0.25, 0.3) is 0 Å². The van der Waals surface area contributed by atoms with Gasteiger partial charge in [-0.25, -0.2) is 12.7 Å². The van der Waals surface area contributed by atoms with Gasteiger partial charge in [-0.3, -0.25) is 0 Å². The van der Waals surface area contributed by atoms with E-state index in [0.29, 0.717) is 0 Å². The molecule has 0 radical (unpaired) electrons. The fourth-order valence-electron chi connectivity index (χ4n) is 1.42. The number of nitrogens with zero attached hydrogens (tertiary/aromatic N) is 1. The summed E-state index contributed by atoms with van der Waals surface area (Å²) in [6, 6.07) is 0. The lowest BCUT2D eigenvalue weighted by atomic mass is 9.93. The quantitative estimate of drug-likeness (QED) is 0.610. The molecule has 0 saturated carbocycles. The Labute approximate surface area is 95.9 Å². The molecule has 1 heterocycles. The van der Waals surface area contributed by atoms with E-state index in [1.54, 1.807) is 6.92 Å². The summed E-state index contributed by atoms with van der Waals surface area (Å²) in [7, 11) is -1.91. The maximum Gasteiger partial charge on any atom is 0.221 e. The van der Waals surface area contributed by atoms with Crippen molar-refractivity contribution in [2.75, 3.05) is 40.0 Å². The molecule has 1 aliphatic heterocycles.